The van der Waals surface area contributed by atoms with Gasteiger partial charge in [-0.05, 0) is 46.9 Å². The summed E-state index contributed by atoms with van der Waals surface area (Å²) in [6.07, 6.45) is 10.5. The summed E-state index contributed by atoms with van der Waals surface area (Å²) in [6.45, 7) is 3.95. The lowest BCUT2D eigenvalue weighted by Crippen LogP contribution is -2.42. The second kappa shape index (κ2) is 7.36. The van der Waals surface area contributed by atoms with Crippen molar-refractivity contribution in [2.45, 2.75) is 51.1 Å². The van der Waals surface area contributed by atoms with Crippen LogP contribution in [0.25, 0.3) is 0 Å². The van der Waals surface area contributed by atoms with Crippen LogP contribution in [0.1, 0.15) is 50.6 Å². The predicted molar refractivity (Wildman–Crippen MR) is 83.0 cm³/mol. The first-order valence-corrected chi connectivity index (χ1v) is 8.11. The maximum Gasteiger partial charge on any atom is 0.0488 e. The minimum Gasteiger partial charge on any atom is -0.329 e. The molecule has 0 aliphatic heterocycles. The summed E-state index contributed by atoms with van der Waals surface area (Å²) in [5.41, 5.74) is 7.28. The van der Waals surface area contributed by atoms with Gasteiger partial charge in [0.2, 0.25) is 0 Å². The molecule has 1 atom stereocenters. The SMILES string of the molecule is CCN(C1CCCCC1)C(CN)c1cncc(Br)c1. The quantitative estimate of drug-likeness (QED) is 0.900. The summed E-state index contributed by atoms with van der Waals surface area (Å²) in [6, 6.07) is 3.13. The number of rotatable bonds is 5. The molecule has 1 aliphatic rings. The number of aromatic nitrogens is 1. The Morgan fingerprint density at radius 1 is 1.37 bits per heavy atom. The van der Waals surface area contributed by atoms with E-state index in [1.54, 1.807) is 0 Å². The van der Waals surface area contributed by atoms with Gasteiger partial charge >= 0.3 is 0 Å². The zero-order chi connectivity index (χ0) is 13.7. The van der Waals surface area contributed by atoms with Crippen LogP contribution in [0.15, 0.2) is 22.9 Å². The van der Waals surface area contributed by atoms with Crippen LogP contribution in [-0.4, -0.2) is 29.0 Å². The fourth-order valence-electron chi connectivity index (χ4n) is 3.22. The third-order valence-electron chi connectivity index (χ3n) is 4.14. The highest BCUT2D eigenvalue weighted by atomic mass is 79.9. The monoisotopic (exact) mass is 325 g/mol. The second-order valence-electron chi connectivity index (χ2n) is 5.31. The van der Waals surface area contributed by atoms with Crippen LogP contribution in [0.5, 0.6) is 0 Å². The Morgan fingerprint density at radius 2 is 2.11 bits per heavy atom. The largest absolute Gasteiger partial charge is 0.329 e. The van der Waals surface area contributed by atoms with Crippen molar-refractivity contribution in [1.82, 2.24) is 9.88 Å². The van der Waals surface area contributed by atoms with Crippen LogP contribution in [0.4, 0.5) is 0 Å². The Hall–Kier alpha value is -0.450. The maximum absolute atomic E-state index is 6.05. The molecular formula is C15H24BrN3. The van der Waals surface area contributed by atoms with Crippen LogP contribution >= 0.6 is 15.9 Å². The van der Waals surface area contributed by atoms with Gasteiger partial charge in [-0.15, -0.1) is 0 Å². The smallest absolute Gasteiger partial charge is 0.0488 e. The molecule has 0 spiro atoms. The van der Waals surface area contributed by atoms with Crippen LogP contribution in [0.2, 0.25) is 0 Å². The minimum absolute atomic E-state index is 0.290. The molecule has 0 radical (unpaired) electrons. The summed E-state index contributed by atoms with van der Waals surface area (Å²) in [5, 5.41) is 0. The van der Waals surface area contributed by atoms with E-state index in [-0.39, 0.29) is 6.04 Å². The molecule has 1 aromatic rings. The Balaban J connectivity index is 2.17. The second-order valence-corrected chi connectivity index (χ2v) is 6.23. The van der Waals surface area contributed by atoms with Crippen LogP contribution in [0.3, 0.4) is 0 Å². The maximum atomic E-state index is 6.05. The highest BCUT2D eigenvalue weighted by molar-refractivity contribution is 9.10. The molecule has 0 bridgehead atoms. The standard InChI is InChI=1S/C15H24BrN3/c1-2-19(14-6-4-3-5-7-14)15(9-17)12-8-13(16)11-18-10-12/h8,10-11,14-15H,2-7,9,17H2,1H3. The molecule has 0 saturated heterocycles. The van der Waals surface area contributed by atoms with Gasteiger partial charge in [0, 0.05) is 35.5 Å². The number of pyridine rings is 1. The number of hydrogen-bond donors (Lipinski definition) is 1. The minimum atomic E-state index is 0.290. The lowest BCUT2D eigenvalue weighted by molar-refractivity contribution is 0.113. The zero-order valence-corrected chi connectivity index (χ0v) is 13.3. The first-order valence-electron chi connectivity index (χ1n) is 7.32. The molecule has 0 aromatic carbocycles. The molecule has 19 heavy (non-hydrogen) atoms. The van der Waals surface area contributed by atoms with Crippen molar-refractivity contribution in [3.05, 3.63) is 28.5 Å². The normalized spacial score (nSPS) is 18.7. The molecule has 1 aliphatic carbocycles. The summed E-state index contributed by atoms with van der Waals surface area (Å²) in [5.74, 6) is 0. The van der Waals surface area contributed by atoms with E-state index in [1.807, 2.05) is 12.4 Å². The van der Waals surface area contributed by atoms with Crippen molar-refractivity contribution in [2.24, 2.45) is 5.73 Å². The van der Waals surface area contributed by atoms with Crippen LogP contribution in [-0.2, 0) is 0 Å². The predicted octanol–water partition coefficient (Wildman–Crippen LogP) is 3.50. The number of nitrogens with two attached hydrogens (primary N) is 1. The van der Waals surface area contributed by atoms with Crippen LogP contribution in [0, 0.1) is 0 Å². The van der Waals surface area contributed by atoms with Gasteiger partial charge in [0.15, 0.2) is 0 Å². The summed E-state index contributed by atoms with van der Waals surface area (Å²) in [4.78, 5) is 6.86. The van der Waals surface area contributed by atoms with E-state index in [0.717, 1.165) is 11.0 Å². The first kappa shape index (κ1) is 14.9. The molecule has 3 nitrogen and oxygen atoms in total. The molecule has 106 valence electrons. The van der Waals surface area contributed by atoms with Crippen molar-refractivity contribution in [2.75, 3.05) is 13.1 Å². The molecule has 1 unspecified atom stereocenters. The van der Waals surface area contributed by atoms with Gasteiger partial charge in [-0.1, -0.05) is 26.2 Å². The highest BCUT2D eigenvalue weighted by Gasteiger charge is 2.26. The van der Waals surface area contributed by atoms with Crippen molar-refractivity contribution < 1.29 is 0 Å². The topological polar surface area (TPSA) is 42.1 Å². The van der Waals surface area contributed by atoms with Gasteiger partial charge in [0.1, 0.15) is 0 Å². The third-order valence-corrected chi connectivity index (χ3v) is 4.58. The van der Waals surface area contributed by atoms with Crippen molar-refractivity contribution >= 4 is 15.9 Å². The van der Waals surface area contributed by atoms with E-state index in [1.165, 1.54) is 37.7 Å². The molecule has 1 saturated carbocycles. The molecule has 1 aromatic heterocycles. The van der Waals surface area contributed by atoms with E-state index in [0.29, 0.717) is 12.6 Å². The third kappa shape index (κ3) is 3.77. The number of halogens is 1. The van der Waals surface area contributed by atoms with Crippen molar-refractivity contribution in [3.8, 4) is 0 Å². The Kier molecular flexibility index (Phi) is 5.79. The van der Waals surface area contributed by atoms with E-state index >= 15 is 0 Å². The molecular weight excluding hydrogens is 302 g/mol. The van der Waals surface area contributed by atoms with E-state index in [9.17, 15) is 0 Å². The molecule has 4 heteroatoms. The van der Waals surface area contributed by atoms with Gasteiger partial charge in [-0.3, -0.25) is 9.88 Å². The Labute approximate surface area is 124 Å². The first-order chi connectivity index (χ1) is 9.26. The van der Waals surface area contributed by atoms with Gasteiger partial charge in [-0.2, -0.15) is 0 Å². The van der Waals surface area contributed by atoms with Gasteiger partial charge in [-0.25, -0.2) is 0 Å². The summed E-state index contributed by atoms with van der Waals surface area (Å²) >= 11 is 3.50. The van der Waals surface area contributed by atoms with Crippen molar-refractivity contribution in [1.29, 1.82) is 0 Å². The molecule has 2 N–H and O–H groups in total. The van der Waals surface area contributed by atoms with Gasteiger partial charge in [0.05, 0.1) is 0 Å². The lowest BCUT2D eigenvalue weighted by Gasteiger charge is -2.39. The number of likely N-dealkylation sites (N-methyl/N-ethyl adjacent to an activating group) is 1. The average molecular weight is 326 g/mol. The Morgan fingerprint density at radius 3 is 2.68 bits per heavy atom. The Bertz CT molecular complexity index is 391. The zero-order valence-electron chi connectivity index (χ0n) is 11.7. The lowest BCUT2D eigenvalue weighted by atomic mass is 9.92. The highest BCUT2D eigenvalue weighted by Crippen LogP contribution is 2.30. The molecule has 1 heterocycles. The van der Waals surface area contributed by atoms with Crippen molar-refractivity contribution in [3.63, 3.8) is 0 Å². The fourth-order valence-corrected chi connectivity index (χ4v) is 3.60. The average Bonchev–Trinajstić information content (AvgIpc) is 2.45. The number of hydrogen-bond acceptors (Lipinski definition) is 3. The van der Waals surface area contributed by atoms with Gasteiger partial charge < -0.3 is 5.73 Å². The van der Waals surface area contributed by atoms with E-state index in [4.69, 9.17) is 5.73 Å². The van der Waals surface area contributed by atoms with E-state index < -0.39 is 0 Å². The van der Waals surface area contributed by atoms with Crippen LogP contribution < -0.4 is 5.73 Å². The van der Waals surface area contributed by atoms with Gasteiger partial charge in [0.25, 0.3) is 0 Å². The summed E-state index contributed by atoms with van der Waals surface area (Å²) < 4.78 is 1.03. The van der Waals surface area contributed by atoms with E-state index in [2.05, 4.69) is 38.8 Å². The molecule has 2 rings (SSSR count). The summed E-state index contributed by atoms with van der Waals surface area (Å²) in [7, 11) is 0. The number of nitrogens with zero attached hydrogens (tertiary/aromatic N) is 2. The fraction of sp³-hybridized carbons (Fsp3) is 0.667. The molecule has 1 fully saturated rings. The molecule has 0 amide bonds.